The summed E-state index contributed by atoms with van der Waals surface area (Å²) in [5.41, 5.74) is 4.00. The van der Waals surface area contributed by atoms with Gasteiger partial charge in [0.05, 0.1) is 7.11 Å². The van der Waals surface area contributed by atoms with E-state index in [0.29, 0.717) is 6.42 Å². The van der Waals surface area contributed by atoms with Crippen LogP contribution >= 0.6 is 0 Å². The van der Waals surface area contributed by atoms with Gasteiger partial charge in [-0.15, -0.1) is 0 Å². The molecule has 152 valence electrons. The first-order valence-corrected chi connectivity index (χ1v) is 9.83. The predicted molar refractivity (Wildman–Crippen MR) is 110 cm³/mol. The standard InChI is InChI=1S/C23H36O4/c1-15(2)9-7-10-16(3)11-8-12-17(4)13-14-19-18(5)20(24)23(27-6)22(26)21(19)25/h9,11,13,18-19,21,25-26H,7-8,10,12,14H2,1-6H3/b16-11+,17-13+/t18-,19?,21?/m0/s1. The number of ketones is 1. The van der Waals surface area contributed by atoms with Gasteiger partial charge < -0.3 is 14.9 Å². The summed E-state index contributed by atoms with van der Waals surface area (Å²) in [5.74, 6) is -1.40. The zero-order chi connectivity index (χ0) is 20.6. The van der Waals surface area contributed by atoms with Crippen molar-refractivity contribution in [3.05, 3.63) is 46.5 Å². The van der Waals surface area contributed by atoms with Gasteiger partial charge >= 0.3 is 0 Å². The second-order valence-electron chi connectivity index (χ2n) is 7.88. The molecule has 0 aromatic rings. The van der Waals surface area contributed by atoms with Crippen LogP contribution in [0.4, 0.5) is 0 Å². The maximum Gasteiger partial charge on any atom is 0.204 e. The fourth-order valence-electron chi connectivity index (χ4n) is 3.35. The smallest absolute Gasteiger partial charge is 0.204 e. The highest BCUT2D eigenvalue weighted by atomic mass is 16.5. The van der Waals surface area contributed by atoms with Crippen molar-refractivity contribution in [3.63, 3.8) is 0 Å². The lowest BCUT2D eigenvalue weighted by molar-refractivity contribution is -0.127. The third-order valence-corrected chi connectivity index (χ3v) is 5.26. The lowest BCUT2D eigenvalue weighted by atomic mass is 9.77. The van der Waals surface area contributed by atoms with E-state index in [1.165, 1.54) is 23.8 Å². The van der Waals surface area contributed by atoms with E-state index >= 15 is 0 Å². The summed E-state index contributed by atoms with van der Waals surface area (Å²) in [7, 11) is 1.34. The molecule has 1 aliphatic carbocycles. The summed E-state index contributed by atoms with van der Waals surface area (Å²) in [5, 5.41) is 20.3. The Morgan fingerprint density at radius 3 is 2.15 bits per heavy atom. The van der Waals surface area contributed by atoms with Gasteiger partial charge in [-0.05, 0) is 59.8 Å². The number of ether oxygens (including phenoxy) is 1. The molecule has 27 heavy (non-hydrogen) atoms. The highest BCUT2D eigenvalue weighted by Gasteiger charge is 2.41. The van der Waals surface area contributed by atoms with Gasteiger partial charge in [0, 0.05) is 11.8 Å². The minimum absolute atomic E-state index is 0.110. The largest absolute Gasteiger partial charge is 0.506 e. The average molecular weight is 377 g/mol. The van der Waals surface area contributed by atoms with Crippen LogP contribution in [0.15, 0.2) is 46.5 Å². The summed E-state index contributed by atoms with van der Waals surface area (Å²) in [6.07, 6.45) is 10.3. The van der Waals surface area contributed by atoms with Crippen molar-refractivity contribution in [1.29, 1.82) is 0 Å². The van der Waals surface area contributed by atoms with E-state index in [4.69, 9.17) is 4.74 Å². The van der Waals surface area contributed by atoms with Crippen LogP contribution in [0.1, 0.15) is 66.7 Å². The number of carbonyl (C=O) groups is 1. The third-order valence-electron chi connectivity index (χ3n) is 5.26. The minimum atomic E-state index is -1.06. The van der Waals surface area contributed by atoms with E-state index in [1.54, 1.807) is 6.92 Å². The summed E-state index contributed by atoms with van der Waals surface area (Å²) in [4.78, 5) is 12.3. The van der Waals surface area contributed by atoms with Crippen molar-refractivity contribution in [2.45, 2.75) is 72.8 Å². The lowest BCUT2D eigenvalue weighted by Gasteiger charge is -2.32. The molecule has 2 N–H and O–H groups in total. The number of carbonyl (C=O) groups excluding carboxylic acids is 1. The molecule has 4 nitrogen and oxygen atoms in total. The Labute approximate surface area is 164 Å². The third kappa shape index (κ3) is 7.02. The Morgan fingerprint density at radius 1 is 1.04 bits per heavy atom. The molecule has 3 atom stereocenters. The molecule has 2 unspecified atom stereocenters. The fraction of sp³-hybridized carbons (Fsp3) is 0.609. The van der Waals surface area contributed by atoms with Crippen molar-refractivity contribution in [2.75, 3.05) is 7.11 Å². The van der Waals surface area contributed by atoms with E-state index in [9.17, 15) is 15.0 Å². The fourth-order valence-corrected chi connectivity index (χ4v) is 3.35. The Hall–Kier alpha value is -1.81. The van der Waals surface area contributed by atoms with Crippen LogP contribution in [-0.4, -0.2) is 29.2 Å². The maximum absolute atomic E-state index is 12.3. The number of Topliss-reactive ketones (excluding diaryl/α,β-unsaturated/α-hetero) is 1. The van der Waals surface area contributed by atoms with Crippen LogP contribution in [0.2, 0.25) is 0 Å². The van der Waals surface area contributed by atoms with Gasteiger partial charge in [-0.3, -0.25) is 4.79 Å². The number of allylic oxidation sites excluding steroid dienone is 7. The zero-order valence-electron chi connectivity index (χ0n) is 17.7. The Balaban J connectivity index is 2.58. The lowest BCUT2D eigenvalue weighted by Crippen LogP contribution is -2.39. The van der Waals surface area contributed by atoms with E-state index in [-0.39, 0.29) is 29.1 Å². The van der Waals surface area contributed by atoms with Gasteiger partial charge in [-0.1, -0.05) is 41.9 Å². The number of hydrogen-bond acceptors (Lipinski definition) is 4. The normalized spacial score (nSPS) is 24.3. The molecule has 0 saturated carbocycles. The highest BCUT2D eigenvalue weighted by Crippen LogP contribution is 2.34. The summed E-state index contributed by atoms with van der Waals surface area (Å²) >= 11 is 0. The second-order valence-corrected chi connectivity index (χ2v) is 7.88. The average Bonchev–Trinajstić information content (AvgIpc) is 2.60. The van der Waals surface area contributed by atoms with Gasteiger partial charge in [0.2, 0.25) is 11.5 Å². The van der Waals surface area contributed by atoms with Crippen molar-refractivity contribution in [2.24, 2.45) is 11.8 Å². The van der Waals surface area contributed by atoms with Gasteiger partial charge in [0.25, 0.3) is 0 Å². The molecule has 0 amide bonds. The van der Waals surface area contributed by atoms with Gasteiger partial charge in [0.1, 0.15) is 6.10 Å². The molecule has 0 bridgehead atoms. The van der Waals surface area contributed by atoms with E-state index in [2.05, 4.69) is 45.9 Å². The van der Waals surface area contributed by atoms with Gasteiger partial charge in [-0.2, -0.15) is 0 Å². The Kier molecular flexibility index (Phi) is 9.57. The number of aliphatic hydroxyl groups excluding tert-OH is 2. The van der Waals surface area contributed by atoms with Crippen LogP contribution in [0.3, 0.4) is 0 Å². The Morgan fingerprint density at radius 2 is 1.59 bits per heavy atom. The molecule has 4 heteroatoms. The van der Waals surface area contributed by atoms with Crippen molar-refractivity contribution >= 4 is 5.78 Å². The summed E-state index contributed by atoms with van der Waals surface area (Å²) in [6.45, 7) is 10.3. The summed E-state index contributed by atoms with van der Waals surface area (Å²) in [6, 6.07) is 0. The second kappa shape index (κ2) is 11.1. The SMILES string of the molecule is COC1=C(O)C(O)C(C/C=C(\C)CC/C=C(\C)CCC=C(C)C)[C@H](C)C1=O. The first-order valence-electron chi connectivity index (χ1n) is 9.83. The number of methoxy groups -OCH3 is 1. The molecule has 0 saturated heterocycles. The topological polar surface area (TPSA) is 66.8 Å². The quantitative estimate of drug-likeness (QED) is 0.528. The molecule has 0 radical (unpaired) electrons. The van der Waals surface area contributed by atoms with Crippen LogP contribution < -0.4 is 0 Å². The van der Waals surface area contributed by atoms with Crippen LogP contribution in [0.5, 0.6) is 0 Å². The number of hydrogen-bond donors (Lipinski definition) is 2. The van der Waals surface area contributed by atoms with Crippen LogP contribution in [-0.2, 0) is 9.53 Å². The molecule has 0 aromatic carbocycles. The minimum Gasteiger partial charge on any atom is -0.506 e. The number of aliphatic hydroxyl groups is 2. The first kappa shape index (κ1) is 23.2. The molecule has 1 aliphatic rings. The number of rotatable bonds is 9. The van der Waals surface area contributed by atoms with Crippen molar-refractivity contribution in [1.82, 2.24) is 0 Å². The molecular formula is C23H36O4. The zero-order valence-corrected chi connectivity index (χ0v) is 17.7. The van der Waals surface area contributed by atoms with Gasteiger partial charge in [-0.25, -0.2) is 0 Å². The predicted octanol–water partition coefficient (Wildman–Crippen LogP) is 5.41. The molecule has 0 fully saturated rings. The first-order chi connectivity index (χ1) is 12.7. The van der Waals surface area contributed by atoms with Crippen molar-refractivity contribution < 1.29 is 19.7 Å². The van der Waals surface area contributed by atoms with E-state index in [0.717, 1.165) is 25.7 Å². The maximum atomic E-state index is 12.3. The molecular weight excluding hydrogens is 340 g/mol. The molecule has 0 aliphatic heterocycles. The van der Waals surface area contributed by atoms with Crippen molar-refractivity contribution in [3.8, 4) is 0 Å². The van der Waals surface area contributed by atoms with Crippen LogP contribution in [0.25, 0.3) is 0 Å². The van der Waals surface area contributed by atoms with E-state index < -0.39 is 6.10 Å². The van der Waals surface area contributed by atoms with Gasteiger partial charge in [0.15, 0.2) is 5.76 Å². The molecule has 0 heterocycles. The molecule has 0 aromatic heterocycles. The summed E-state index contributed by atoms with van der Waals surface area (Å²) < 4.78 is 4.94. The van der Waals surface area contributed by atoms with E-state index in [1.807, 2.05) is 0 Å². The highest BCUT2D eigenvalue weighted by molar-refractivity contribution is 5.96. The molecule has 1 rings (SSSR count). The van der Waals surface area contributed by atoms with Crippen LogP contribution in [0, 0.1) is 11.8 Å². The monoisotopic (exact) mass is 376 g/mol. The Bertz CT molecular complexity index is 633. The molecule has 0 spiro atoms.